The molecular weight excluding hydrogens is 660 g/mol. The van der Waals surface area contributed by atoms with Crippen molar-refractivity contribution in [3.63, 3.8) is 0 Å². The molecule has 5 N–H and O–H groups in total. The van der Waals surface area contributed by atoms with Crippen molar-refractivity contribution in [1.29, 1.82) is 0 Å². The Morgan fingerprint density at radius 1 is 1.10 bits per heavy atom. The number of rotatable bonds is 7. The van der Waals surface area contributed by atoms with Crippen LogP contribution in [0.1, 0.15) is 17.2 Å². The molecule has 1 atom stereocenters. The molecule has 0 aromatic heterocycles. The number of phenolic OH excluding ortho intramolecular Hbond substituents is 2. The van der Waals surface area contributed by atoms with Crippen LogP contribution in [0.25, 0.3) is 0 Å². The summed E-state index contributed by atoms with van der Waals surface area (Å²) in [6.45, 7) is -0.177. The summed E-state index contributed by atoms with van der Waals surface area (Å²) in [4.78, 5) is 12.4. The van der Waals surface area contributed by atoms with Crippen molar-refractivity contribution in [3.8, 4) is 17.2 Å². The Labute approximate surface area is 205 Å². The minimum absolute atomic E-state index is 0.0127. The number of aliphatic hydroxyl groups is 1. The van der Waals surface area contributed by atoms with Crippen LogP contribution in [0, 0.1) is 0 Å². The summed E-state index contributed by atoms with van der Waals surface area (Å²) in [6.07, 6.45) is -1.26. The van der Waals surface area contributed by atoms with Gasteiger partial charge < -0.3 is 30.6 Å². The Bertz CT molecular complexity index is 976. The van der Waals surface area contributed by atoms with E-state index in [4.69, 9.17) is 4.74 Å². The van der Waals surface area contributed by atoms with Crippen LogP contribution in [-0.4, -0.2) is 45.8 Å². The van der Waals surface area contributed by atoms with Crippen LogP contribution in [0.5, 0.6) is 17.2 Å². The third-order valence-corrected chi connectivity index (χ3v) is 6.59. The zero-order valence-corrected chi connectivity index (χ0v) is 21.6. The first-order valence-electron chi connectivity index (χ1n) is 8.19. The topological polar surface area (TPSA) is 132 Å². The van der Waals surface area contributed by atoms with E-state index in [1.165, 1.54) is 25.3 Å². The molecule has 8 nitrogen and oxygen atoms in total. The smallest absolute Gasteiger partial charge is 0.269 e. The molecule has 0 bridgehead atoms. The van der Waals surface area contributed by atoms with Crippen LogP contribution in [0.4, 0.5) is 0 Å². The third-order valence-electron chi connectivity index (χ3n) is 4.05. The van der Waals surface area contributed by atoms with Crippen LogP contribution in [0.2, 0.25) is 0 Å². The molecule has 0 spiro atoms. The number of carbonyl (C=O) groups excluding carboxylic acids is 1. The van der Waals surface area contributed by atoms with E-state index in [9.17, 15) is 25.3 Å². The molecule has 2 rings (SSSR count). The summed E-state index contributed by atoms with van der Waals surface area (Å²) >= 11 is 12.9. The molecule has 2 aromatic rings. The number of methoxy groups -OCH3 is 1. The number of ether oxygens (including phenoxy) is 1. The lowest BCUT2D eigenvalue weighted by Gasteiger charge is -2.15. The number of phenols is 2. The number of hydrogen-bond donors (Lipinski definition) is 5. The van der Waals surface area contributed by atoms with Gasteiger partial charge in [0, 0.05) is 18.5 Å². The van der Waals surface area contributed by atoms with Crippen molar-refractivity contribution >= 4 is 75.3 Å². The fraction of sp³-hybridized carbons (Fsp3) is 0.222. The zero-order valence-electron chi connectivity index (χ0n) is 15.3. The lowest BCUT2D eigenvalue weighted by Crippen LogP contribution is -2.35. The van der Waals surface area contributed by atoms with Crippen LogP contribution in [0.15, 0.2) is 41.2 Å². The van der Waals surface area contributed by atoms with Crippen LogP contribution in [-0.2, 0) is 11.2 Å². The zero-order chi connectivity index (χ0) is 22.6. The van der Waals surface area contributed by atoms with Gasteiger partial charge in [-0.25, -0.2) is 0 Å². The van der Waals surface area contributed by atoms with E-state index in [1.54, 1.807) is 0 Å². The Kier molecular flexibility index (Phi) is 8.98. The summed E-state index contributed by atoms with van der Waals surface area (Å²) in [7, 11) is 1.44. The molecule has 1 amide bonds. The number of amides is 1. The Hall–Kier alpha value is -1.34. The molecule has 0 aliphatic rings. The quantitative estimate of drug-likeness (QED) is 0.168. The number of halogens is 4. The lowest BCUT2D eigenvalue weighted by molar-refractivity contribution is -0.115. The molecule has 0 aliphatic carbocycles. The molecule has 0 saturated carbocycles. The molecule has 0 radical (unpaired) electrons. The fourth-order valence-electron chi connectivity index (χ4n) is 2.49. The first-order valence-corrected chi connectivity index (χ1v) is 11.4. The number of oxime groups is 1. The second-order valence-electron chi connectivity index (χ2n) is 6.00. The van der Waals surface area contributed by atoms with E-state index < -0.39 is 12.0 Å². The Morgan fingerprint density at radius 2 is 1.70 bits per heavy atom. The summed E-state index contributed by atoms with van der Waals surface area (Å²) in [6, 6.07) is 4.57. The second kappa shape index (κ2) is 10.8. The van der Waals surface area contributed by atoms with Crippen molar-refractivity contribution in [2.75, 3.05) is 13.7 Å². The van der Waals surface area contributed by atoms with E-state index in [2.05, 4.69) is 74.2 Å². The second-order valence-corrected chi connectivity index (χ2v) is 9.35. The SMILES string of the molecule is COc1c(Br)cc(C/C(=N\O)C(=O)NCC(O)c2cc(Br)c(O)c(Br)c2)c(O)c1Br. The van der Waals surface area contributed by atoms with Gasteiger partial charge in [-0.2, -0.15) is 0 Å². The van der Waals surface area contributed by atoms with Crippen LogP contribution >= 0.6 is 63.7 Å². The van der Waals surface area contributed by atoms with Crippen molar-refractivity contribution in [1.82, 2.24) is 5.32 Å². The van der Waals surface area contributed by atoms with Gasteiger partial charge in [-0.1, -0.05) is 5.16 Å². The van der Waals surface area contributed by atoms with E-state index >= 15 is 0 Å². The Balaban J connectivity index is 2.11. The summed E-state index contributed by atoms with van der Waals surface area (Å²) in [5.41, 5.74) is 0.481. The number of nitrogens with zero attached hydrogens (tertiary/aromatic N) is 1. The van der Waals surface area contributed by atoms with Crippen molar-refractivity contribution in [2.45, 2.75) is 12.5 Å². The maximum atomic E-state index is 12.4. The highest BCUT2D eigenvalue weighted by molar-refractivity contribution is 9.11. The highest BCUT2D eigenvalue weighted by Crippen LogP contribution is 2.42. The van der Waals surface area contributed by atoms with Crippen molar-refractivity contribution < 1.29 is 30.1 Å². The molecule has 30 heavy (non-hydrogen) atoms. The average molecular weight is 676 g/mol. The fourth-order valence-corrected chi connectivity index (χ4v) is 5.24. The highest BCUT2D eigenvalue weighted by Gasteiger charge is 2.21. The third kappa shape index (κ3) is 5.67. The maximum Gasteiger partial charge on any atom is 0.269 e. The summed E-state index contributed by atoms with van der Waals surface area (Å²) < 4.78 is 6.72. The summed E-state index contributed by atoms with van der Waals surface area (Å²) in [5.74, 6) is -0.530. The van der Waals surface area contributed by atoms with Gasteiger partial charge in [0.05, 0.1) is 26.6 Å². The standard InChI is InChI=1S/C18H16Br4N2O6/c1-30-17-11(21)4-8(15(26)14(17)22)5-12(24-29)18(28)23-6-13(25)7-2-9(19)16(27)10(20)3-7/h2-4,13,25-27,29H,5-6H2,1H3,(H,23,28)/b24-12+. The van der Waals surface area contributed by atoms with Gasteiger partial charge in [0.25, 0.3) is 5.91 Å². The van der Waals surface area contributed by atoms with E-state index in [0.29, 0.717) is 30.3 Å². The molecule has 0 aliphatic heterocycles. The van der Waals surface area contributed by atoms with E-state index in [0.717, 1.165) is 0 Å². The molecule has 1 unspecified atom stereocenters. The minimum atomic E-state index is -1.08. The number of benzene rings is 2. The normalized spacial score (nSPS) is 12.5. The number of aliphatic hydroxyl groups excluding tert-OH is 1. The Morgan fingerprint density at radius 3 is 2.23 bits per heavy atom. The minimum Gasteiger partial charge on any atom is -0.506 e. The number of carbonyl (C=O) groups is 1. The predicted octanol–water partition coefficient (Wildman–Crippen LogP) is 4.38. The monoisotopic (exact) mass is 672 g/mol. The van der Waals surface area contributed by atoms with E-state index in [-0.39, 0.29) is 34.6 Å². The van der Waals surface area contributed by atoms with Gasteiger partial charge in [0.1, 0.15) is 21.7 Å². The van der Waals surface area contributed by atoms with Crippen LogP contribution in [0.3, 0.4) is 0 Å². The molecule has 0 fully saturated rings. The predicted molar refractivity (Wildman–Crippen MR) is 124 cm³/mol. The largest absolute Gasteiger partial charge is 0.506 e. The van der Waals surface area contributed by atoms with Gasteiger partial charge in [0.15, 0.2) is 5.75 Å². The molecule has 162 valence electrons. The highest BCUT2D eigenvalue weighted by atomic mass is 79.9. The first-order chi connectivity index (χ1) is 14.1. The number of nitrogens with one attached hydrogen (secondary N) is 1. The van der Waals surface area contributed by atoms with Crippen LogP contribution < -0.4 is 10.1 Å². The molecule has 0 saturated heterocycles. The summed E-state index contributed by atoms with van der Waals surface area (Å²) in [5, 5.41) is 45.1. The lowest BCUT2D eigenvalue weighted by atomic mass is 10.1. The molecule has 2 aromatic carbocycles. The van der Waals surface area contributed by atoms with Crippen molar-refractivity contribution in [2.24, 2.45) is 5.16 Å². The number of aromatic hydroxyl groups is 2. The molecule has 12 heteroatoms. The van der Waals surface area contributed by atoms with E-state index in [1.807, 2.05) is 0 Å². The number of hydrogen-bond acceptors (Lipinski definition) is 7. The first kappa shape index (κ1) is 24.9. The van der Waals surface area contributed by atoms with Gasteiger partial charge >= 0.3 is 0 Å². The molecule has 0 heterocycles. The average Bonchev–Trinajstić information content (AvgIpc) is 2.71. The van der Waals surface area contributed by atoms with Crippen molar-refractivity contribution in [3.05, 3.63) is 47.2 Å². The van der Waals surface area contributed by atoms with Gasteiger partial charge in [0.2, 0.25) is 0 Å². The van der Waals surface area contributed by atoms with Gasteiger partial charge in [-0.3, -0.25) is 4.79 Å². The van der Waals surface area contributed by atoms with Gasteiger partial charge in [-0.15, -0.1) is 0 Å². The van der Waals surface area contributed by atoms with Gasteiger partial charge in [-0.05, 0) is 87.5 Å². The maximum absolute atomic E-state index is 12.4. The molecular formula is C18H16Br4N2O6.